The van der Waals surface area contributed by atoms with E-state index in [9.17, 15) is 0 Å². The predicted octanol–water partition coefficient (Wildman–Crippen LogP) is 0.849. The molecule has 92 valence electrons. The third-order valence-corrected chi connectivity index (χ3v) is 2.39. The van der Waals surface area contributed by atoms with Gasteiger partial charge in [0.15, 0.2) is 0 Å². The molecule has 0 aliphatic rings. The first-order valence-electron chi connectivity index (χ1n) is 5.32. The molecule has 0 fully saturated rings. The van der Waals surface area contributed by atoms with E-state index in [1.807, 2.05) is 13.8 Å². The SMILES string of the molecule is CCC(CON)(CONC)COC(C)C. The van der Waals surface area contributed by atoms with Crippen molar-refractivity contribution in [2.24, 2.45) is 11.3 Å². The summed E-state index contributed by atoms with van der Waals surface area (Å²) >= 11 is 0. The minimum atomic E-state index is -0.179. The summed E-state index contributed by atoms with van der Waals surface area (Å²) in [6.45, 7) is 7.61. The normalized spacial score (nSPS) is 15.6. The molecule has 1 atom stereocenters. The smallest absolute Gasteiger partial charge is 0.0783 e. The van der Waals surface area contributed by atoms with Gasteiger partial charge in [0.2, 0.25) is 0 Å². The van der Waals surface area contributed by atoms with E-state index < -0.39 is 0 Å². The van der Waals surface area contributed by atoms with Gasteiger partial charge in [0, 0.05) is 12.5 Å². The van der Waals surface area contributed by atoms with Gasteiger partial charge in [-0.2, -0.15) is 0 Å². The fraction of sp³-hybridized carbons (Fsp3) is 1.00. The Kier molecular flexibility index (Phi) is 7.90. The lowest BCUT2D eigenvalue weighted by Crippen LogP contribution is -2.39. The van der Waals surface area contributed by atoms with Gasteiger partial charge >= 0.3 is 0 Å². The number of hydrogen-bond donors (Lipinski definition) is 2. The van der Waals surface area contributed by atoms with Crippen LogP contribution in [-0.4, -0.2) is 33.0 Å². The van der Waals surface area contributed by atoms with Crippen LogP contribution in [0.15, 0.2) is 0 Å². The van der Waals surface area contributed by atoms with Crippen LogP contribution in [0.25, 0.3) is 0 Å². The molecule has 0 aliphatic heterocycles. The standard InChI is InChI=1S/C10H24N2O3/c1-5-10(7-14-11,8-15-12-4)6-13-9(2)3/h9,12H,5-8,11H2,1-4H3. The summed E-state index contributed by atoms with van der Waals surface area (Å²) in [5.74, 6) is 5.14. The molecule has 0 aromatic carbocycles. The van der Waals surface area contributed by atoms with Gasteiger partial charge < -0.3 is 14.4 Å². The first kappa shape index (κ1) is 14.8. The Bertz CT molecular complexity index is 156. The Hall–Kier alpha value is -0.200. The maximum Gasteiger partial charge on any atom is 0.0783 e. The average Bonchev–Trinajstić information content (AvgIpc) is 2.22. The van der Waals surface area contributed by atoms with Crippen LogP contribution in [-0.2, 0) is 14.4 Å². The predicted molar refractivity (Wildman–Crippen MR) is 59.0 cm³/mol. The second kappa shape index (κ2) is 8.01. The molecule has 0 aliphatic carbocycles. The monoisotopic (exact) mass is 220 g/mol. The fourth-order valence-corrected chi connectivity index (χ4v) is 1.18. The maximum absolute atomic E-state index is 5.60. The Morgan fingerprint density at radius 3 is 2.33 bits per heavy atom. The molecule has 0 radical (unpaired) electrons. The number of hydrogen-bond acceptors (Lipinski definition) is 5. The van der Waals surface area contributed by atoms with E-state index in [-0.39, 0.29) is 11.5 Å². The van der Waals surface area contributed by atoms with Gasteiger partial charge in [-0.3, -0.25) is 0 Å². The topological polar surface area (TPSA) is 65.7 Å². The lowest BCUT2D eigenvalue weighted by Gasteiger charge is -2.31. The molecular weight excluding hydrogens is 196 g/mol. The third-order valence-electron chi connectivity index (χ3n) is 2.39. The van der Waals surface area contributed by atoms with Gasteiger partial charge in [-0.1, -0.05) is 6.92 Å². The van der Waals surface area contributed by atoms with Crippen molar-refractivity contribution < 1.29 is 14.4 Å². The third kappa shape index (κ3) is 6.06. The molecule has 1 unspecified atom stereocenters. The highest BCUT2D eigenvalue weighted by Crippen LogP contribution is 2.23. The summed E-state index contributed by atoms with van der Waals surface area (Å²) < 4.78 is 5.60. The van der Waals surface area contributed by atoms with Crippen LogP contribution in [0.2, 0.25) is 0 Å². The Balaban J connectivity index is 4.21. The summed E-state index contributed by atoms with van der Waals surface area (Å²) in [7, 11) is 1.73. The summed E-state index contributed by atoms with van der Waals surface area (Å²) in [5, 5.41) is 0. The fourth-order valence-electron chi connectivity index (χ4n) is 1.18. The van der Waals surface area contributed by atoms with Gasteiger partial charge in [-0.25, -0.2) is 11.4 Å². The molecule has 15 heavy (non-hydrogen) atoms. The van der Waals surface area contributed by atoms with E-state index in [0.717, 1.165) is 6.42 Å². The van der Waals surface area contributed by atoms with Crippen LogP contribution < -0.4 is 11.4 Å². The number of ether oxygens (including phenoxy) is 1. The van der Waals surface area contributed by atoms with E-state index in [1.165, 1.54) is 0 Å². The molecule has 0 heterocycles. The first-order chi connectivity index (χ1) is 7.10. The van der Waals surface area contributed by atoms with E-state index >= 15 is 0 Å². The zero-order chi connectivity index (χ0) is 11.7. The van der Waals surface area contributed by atoms with Crippen molar-refractivity contribution in [2.45, 2.75) is 33.3 Å². The van der Waals surface area contributed by atoms with E-state index in [4.69, 9.17) is 20.3 Å². The van der Waals surface area contributed by atoms with Gasteiger partial charge in [0.1, 0.15) is 0 Å². The lowest BCUT2D eigenvalue weighted by molar-refractivity contribution is -0.101. The van der Waals surface area contributed by atoms with Crippen LogP contribution in [0.4, 0.5) is 0 Å². The molecule has 5 nitrogen and oxygen atoms in total. The van der Waals surface area contributed by atoms with E-state index in [0.29, 0.717) is 19.8 Å². The van der Waals surface area contributed by atoms with Crippen LogP contribution in [0.3, 0.4) is 0 Å². The highest BCUT2D eigenvalue weighted by molar-refractivity contribution is 4.77. The molecule has 0 saturated carbocycles. The Morgan fingerprint density at radius 1 is 1.27 bits per heavy atom. The molecule has 0 aromatic heterocycles. The number of nitrogens with two attached hydrogens (primary N) is 1. The summed E-state index contributed by atoms with van der Waals surface area (Å²) in [6, 6.07) is 0. The summed E-state index contributed by atoms with van der Waals surface area (Å²) in [6.07, 6.45) is 1.08. The largest absolute Gasteiger partial charge is 0.378 e. The number of nitrogens with one attached hydrogen (secondary N) is 1. The zero-order valence-electron chi connectivity index (χ0n) is 10.2. The van der Waals surface area contributed by atoms with Crippen LogP contribution in [0, 0.1) is 5.41 Å². The van der Waals surface area contributed by atoms with Crippen molar-refractivity contribution in [3.63, 3.8) is 0 Å². The van der Waals surface area contributed by atoms with Gasteiger partial charge in [0.25, 0.3) is 0 Å². The minimum absolute atomic E-state index is 0.179. The Labute approximate surface area is 92.2 Å². The van der Waals surface area contributed by atoms with Crippen molar-refractivity contribution in [3.05, 3.63) is 0 Å². The Morgan fingerprint density at radius 2 is 1.93 bits per heavy atom. The number of hydroxylamine groups is 1. The van der Waals surface area contributed by atoms with Crippen LogP contribution >= 0.6 is 0 Å². The minimum Gasteiger partial charge on any atom is -0.378 e. The molecule has 0 saturated heterocycles. The lowest BCUT2D eigenvalue weighted by atomic mass is 9.88. The van der Waals surface area contributed by atoms with Crippen LogP contribution in [0.1, 0.15) is 27.2 Å². The summed E-state index contributed by atoms with van der Waals surface area (Å²) in [4.78, 5) is 9.95. The van der Waals surface area contributed by atoms with Crippen molar-refractivity contribution >= 4 is 0 Å². The molecule has 5 heteroatoms. The second-order valence-electron chi connectivity index (χ2n) is 4.02. The summed E-state index contributed by atoms with van der Waals surface area (Å²) in [5.41, 5.74) is 2.47. The molecule has 0 spiro atoms. The zero-order valence-corrected chi connectivity index (χ0v) is 10.2. The number of rotatable bonds is 9. The van der Waals surface area contributed by atoms with Crippen LogP contribution in [0.5, 0.6) is 0 Å². The molecule has 0 aromatic rings. The quantitative estimate of drug-likeness (QED) is 0.564. The second-order valence-corrected chi connectivity index (χ2v) is 4.02. The maximum atomic E-state index is 5.60. The van der Waals surface area contributed by atoms with E-state index in [2.05, 4.69) is 12.4 Å². The molecule has 0 rings (SSSR count). The first-order valence-corrected chi connectivity index (χ1v) is 5.32. The van der Waals surface area contributed by atoms with E-state index in [1.54, 1.807) is 7.05 Å². The van der Waals surface area contributed by atoms with Gasteiger partial charge in [-0.05, 0) is 20.3 Å². The highest BCUT2D eigenvalue weighted by Gasteiger charge is 2.30. The molecule has 0 bridgehead atoms. The van der Waals surface area contributed by atoms with Crippen molar-refractivity contribution in [3.8, 4) is 0 Å². The molecule has 0 amide bonds. The van der Waals surface area contributed by atoms with Gasteiger partial charge in [0.05, 0.1) is 25.9 Å². The highest BCUT2D eigenvalue weighted by atomic mass is 16.6. The van der Waals surface area contributed by atoms with Gasteiger partial charge in [-0.15, -0.1) is 0 Å². The van der Waals surface area contributed by atoms with Crippen molar-refractivity contribution in [1.29, 1.82) is 0 Å². The van der Waals surface area contributed by atoms with Crippen molar-refractivity contribution in [1.82, 2.24) is 5.48 Å². The average molecular weight is 220 g/mol. The van der Waals surface area contributed by atoms with Crippen molar-refractivity contribution in [2.75, 3.05) is 26.9 Å². The molecular formula is C10H24N2O3. The molecule has 3 N–H and O–H groups in total.